The van der Waals surface area contributed by atoms with E-state index in [1.165, 1.54) is 0 Å². The number of hydrogen-bond donors (Lipinski definition) is 0. The van der Waals surface area contributed by atoms with Crippen molar-refractivity contribution in [3.05, 3.63) is 53.4 Å². The minimum Gasteiger partial charge on any atom is -0.359 e. The molecule has 2 amide bonds. The summed E-state index contributed by atoms with van der Waals surface area (Å²) in [6.07, 6.45) is 0. The number of piperazine rings is 1. The van der Waals surface area contributed by atoms with E-state index in [0.717, 1.165) is 11.3 Å². The molecule has 1 aromatic heterocycles. The Labute approximate surface area is 147 Å². The van der Waals surface area contributed by atoms with Crippen LogP contribution in [-0.4, -0.2) is 39.4 Å². The van der Waals surface area contributed by atoms with Gasteiger partial charge in [0, 0.05) is 12.6 Å². The third-order valence-corrected chi connectivity index (χ3v) is 4.49. The minimum atomic E-state index is -0.516. The molecule has 132 valence electrons. The molecule has 1 atom stereocenters. The molecule has 0 aliphatic carbocycles. The number of carbonyl (C=O) groups excluding carboxylic acids is 2. The van der Waals surface area contributed by atoms with Gasteiger partial charge in [0.25, 0.3) is 0 Å². The van der Waals surface area contributed by atoms with Crippen LogP contribution >= 0.6 is 0 Å². The Morgan fingerprint density at radius 2 is 1.92 bits per heavy atom. The van der Waals surface area contributed by atoms with E-state index in [1.807, 2.05) is 50.2 Å². The van der Waals surface area contributed by atoms with Crippen molar-refractivity contribution >= 4 is 11.8 Å². The number of benzene rings is 1. The van der Waals surface area contributed by atoms with Crippen LogP contribution in [-0.2, 0) is 22.7 Å². The summed E-state index contributed by atoms with van der Waals surface area (Å²) in [6.45, 7) is 6.62. The molecule has 0 unspecified atom stereocenters. The Bertz CT molecular complexity index is 754. The molecule has 0 bridgehead atoms. The van der Waals surface area contributed by atoms with E-state index in [9.17, 15) is 9.59 Å². The average molecular weight is 341 g/mol. The number of aromatic nitrogens is 1. The SMILES string of the molecule is CC(C)c1cc(CN2C(=O)CN(Cc3ccccc3)C(=O)[C@@H]2C)on1. The fraction of sp³-hybridized carbons (Fsp3) is 0.421. The maximum atomic E-state index is 12.7. The van der Waals surface area contributed by atoms with Crippen molar-refractivity contribution in [2.75, 3.05) is 6.54 Å². The van der Waals surface area contributed by atoms with Gasteiger partial charge >= 0.3 is 0 Å². The van der Waals surface area contributed by atoms with Gasteiger partial charge in [0.2, 0.25) is 11.8 Å². The van der Waals surface area contributed by atoms with Gasteiger partial charge in [0.1, 0.15) is 12.6 Å². The summed E-state index contributed by atoms with van der Waals surface area (Å²) >= 11 is 0. The van der Waals surface area contributed by atoms with Gasteiger partial charge in [-0.1, -0.05) is 49.3 Å². The molecule has 1 aliphatic heterocycles. The van der Waals surface area contributed by atoms with Crippen LogP contribution in [0.2, 0.25) is 0 Å². The van der Waals surface area contributed by atoms with E-state index in [1.54, 1.807) is 16.7 Å². The number of carbonyl (C=O) groups is 2. The molecule has 2 heterocycles. The van der Waals surface area contributed by atoms with Crippen LogP contribution in [0.4, 0.5) is 0 Å². The van der Waals surface area contributed by atoms with E-state index in [4.69, 9.17) is 4.52 Å². The van der Waals surface area contributed by atoms with Gasteiger partial charge in [-0.05, 0) is 18.4 Å². The zero-order chi connectivity index (χ0) is 18.0. The van der Waals surface area contributed by atoms with Crippen LogP contribution in [0.3, 0.4) is 0 Å². The second-order valence-electron chi connectivity index (χ2n) is 6.75. The fourth-order valence-electron chi connectivity index (χ4n) is 2.95. The van der Waals surface area contributed by atoms with Crippen LogP contribution in [0, 0.1) is 0 Å². The van der Waals surface area contributed by atoms with Gasteiger partial charge in [-0.25, -0.2) is 0 Å². The second-order valence-corrected chi connectivity index (χ2v) is 6.75. The molecule has 1 fully saturated rings. The normalized spacial score (nSPS) is 18.3. The van der Waals surface area contributed by atoms with Crippen LogP contribution in [0.25, 0.3) is 0 Å². The molecule has 3 rings (SSSR count). The second kappa shape index (κ2) is 7.09. The fourth-order valence-corrected chi connectivity index (χ4v) is 2.95. The van der Waals surface area contributed by atoms with Crippen molar-refractivity contribution in [3.63, 3.8) is 0 Å². The Morgan fingerprint density at radius 3 is 2.56 bits per heavy atom. The molecule has 2 aromatic rings. The highest BCUT2D eigenvalue weighted by Gasteiger charge is 2.36. The Hall–Kier alpha value is -2.63. The Kier molecular flexibility index (Phi) is 4.88. The van der Waals surface area contributed by atoms with E-state index in [2.05, 4.69) is 5.16 Å². The average Bonchev–Trinajstić information content (AvgIpc) is 3.06. The van der Waals surface area contributed by atoms with Crippen molar-refractivity contribution in [1.82, 2.24) is 15.0 Å². The smallest absolute Gasteiger partial charge is 0.245 e. The highest BCUT2D eigenvalue weighted by atomic mass is 16.5. The summed E-state index contributed by atoms with van der Waals surface area (Å²) < 4.78 is 5.31. The first-order valence-corrected chi connectivity index (χ1v) is 8.53. The first kappa shape index (κ1) is 17.2. The van der Waals surface area contributed by atoms with E-state index in [-0.39, 0.29) is 30.8 Å². The first-order chi connectivity index (χ1) is 12.0. The molecule has 25 heavy (non-hydrogen) atoms. The van der Waals surface area contributed by atoms with Gasteiger partial charge < -0.3 is 14.3 Å². The topological polar surface area (TPSA) is 66.7 Å². The summed E-state index contributed by atoms with van der Waals surface area (Å²) in [7, 11) is 0. The maximum absolute atomic E-state index is 12.7. The van der Waals surface area contributed by atoms with Crippen LogP contribution in [0.5, 0.6) is 0 Å². The summed E-state index contributed by atoms with van der Waals surface area (Å²) in [5.41, 5.74) is 1.87. The first-order valence-electron chi connectivity index (χ1n) is 8.53. The lowest BCUT2D eigenvalue weighted by Crippen LogP contribution is -2.57. The van der Waals surface area contributed by atoms with Crippen molar-refractivity contribution in [2.24, 2.45) is 0 Å². The highest BCUT2D eigenvalue weighted by molar-refractivity contribution is 5.94. The number of rotatable bonds is 5. The molecule has 1 aliphatic rings. The molecular weight excluding hydrogens is 318 g/mol. The van der Waals surface area contributed by atoms with Crippen LogP contribution in [0.15, 0.2) is 40.9 Å². The quantitative estimate of drug-likeness (QED) is 0.838. The maximum Gasteiger partial charge on any atom is 0.245 e. The predicted molar refractivity (Wildman–Crippen MR) is 92.5 cm³/mol. The van der Waals surface area contributed by atoms with E-state index < -0.39 is 6.04 Å². The number of amides is 2. The standard InChI is InChI=1S/C19H23N3O3/c1-13(2)17-9-16(25-20-17)11-22-14(3)19(24)21(12-18(22)23)10-15-7-5-4-6-8-15/h4-9,13-14H,10-12H2,1-3H3/t14-/m0/s1. The van der Waals surface area contributed by atoms with E-state index >= 15 is 0 Å². The monoisotopic (exact) mass is 341 g/mol. The largest absolute Gasteiger partial charge is 0.359 e. The molecule has 6 nitrogen and oxygen atoms in total. The van der Waals surface area contributed by atoms with Gasteiger partial charge in [0.05, 0.1) is 12.2 Å². The van der Waals surface area contributed by atoms with Crippen molar-refractivity contribution < 1.29 is 14.1 Å². The van der Waals surface area contributed by atoms with Gasteiger partial charge in [-0.2, -0.15) is 0 Å². The zero-order valence-electron chi connectivity index (χ0n) is 14.8. The molecule has 0 radical (unpaired) electrons. The minimum absolute atomic E-state index is 0.0490. The molecular formula is C19H23N3O3. The van der Waals surface area contributed by atoms with Gasteiger partial charge in [0.15, 0.2) is 5.76 Å². The number of hydrogen-bond acceptors (Lipinski definition) is 4. The lowest BCUT2D eigenvalue weighted by Gasteiger charge is -2.38. The van der Waals surface area contributed by atoms with Crippen molar-refractivity contribution in [2.45, 2.75) is 45.8 Å². The summed E-state index contributed by atoms with van der Waals surface area (Å²) in [4.78, 5) is 28.4. The van der Waals surface area contributed by atoms with Crippen molar-refractivity contribution in [1.29, 1.82) is 0 Å². The molecule has 1 aromatic carbocycles. The Morgan fingerprint density at radius 1 is 1.20 bits per heavy atom. The third kappa shape index (κ3) is 3.73. The van der Waals surface area contributed by atoms with Gasteiger partial charge in [-0.3, -0.25) is 9.59 Å². The molecule has 1 saturated heterocycles. The molecule has 0 saturated carbocycles. The van der Waals surface area contributed by atoms with Gasteiger partial charge in [-0.15, -0.1) is 0 Å². The molecule has 0 N–H and O–H groups in total. The zero-order valence-corrected chi connectivity index (χ0v) is 14.8. The summed E-state index contributed by atoms with van der Waals surface area (Å²) in [5, 5.41) is 4.01. The molecule has 0 spiro atoms. The third-order valence-electron chi connectivity index (χ3n) is 4.49. The molecule has 6 heteroatoms. The van der Waals surface area contributed by atoms with E-state index in [0.29, 0.717) is 12.3 Å². The summed E-state index contributed by atoms with van der Waals surface area (Å²) in [6, 6.07) is 11.0. The lowest BCUT2D eigenvalue weighted by molar-refractivity contribution is -0.156. The van der Waals surface area contributed by atoms with Crippen LogP contribution in [0.1, 0.15) is 43.7 Å². The highest BCUT2D eigenvalue weighted by Crippen LogP contribution is 2.20. The summed E-state index contributed by atoms with van der Waals surface area (Å²) in [5.74, 6) is 0.737. The lowest BCUT2D eigenvalue weighted by atomic mass is 10.1. The van der Waals surface area contributed by atoms with Crippen molar-refractivity contribution in [3.8, 4) is 0 Å². The Balaban J connectivity index is 1.69. The predicted octanol–water partition coefficient (Wildman–Crippen LogP) is 2.56. The number of nitrogens with zero attached hydrogens (tertiary/aromatic N) is 3. The van der Waals surface area contributed by atoms with Crippen LogP contribution < -0.4 is 0 Å².